The highest BCUT2D eigenvalue weighted by Crippen LogP contribution is 2.20. The topological polar surface area (TPSA) is 71.3 Å². The molecule has 3 aromatic rings. The first-order valence-electron chi connectivity index (χ1n) is 7.52. The summed E-state index contributed by atoms with van der Waals surface area (Å²) in [7, 11) is 3.91. The highest BCUT2D eigenvalue weighted by atomic mass is 16.4. The third-order valence-corrected chi connectivity index (χ3v) is 3.56. The molecule has 1 aromatic heterocycles. The van der Waals surface area contributed by atoms with E-state index >= 15 is 0 Å². The van der Waals surface area contributed by atoms with Crippen molar-refractivity contribution in [1.29, 1.82) is 0 Å². The van der Waals surface area contributed by atoms with Gasteiger partial charge in [0, 0.05) is 31.0 Å². The lowest BCUT2D eigenvalue weighted by atomic mass is 10.1. The van der Waals surface area contributed by atoms with Crippen molar-refractivity contribution in [3.05, 3.63) is 60.0 Å². The molecule has 0 saturated heterocycles. The molecule has 1 N–H and O–H groups in total. The smallest absolute Gasteiger partial charge is 0.313 e. The van der Waals surface area contributed by atoms with Crippen LogP contribution in [0, 0.1) is 6.92 Å². The van der Waals surface area contributed by atoms with Gasteiger partial charge in [0.1, 0.15) is 0 Å². The lowest BCUT2D eigenvalue weighted by Gasteiger charge is -2.12. The van der Waals surface area contributed by atoms with Crippen LogP contribution in [-0.4, -0.2) is 30.2 Å². The molecule has 0 aliphatic rings. The number of hydrogen-bond acceptors (Lipinski definition) is 5. The summed E-state index contributed by atoms with van der Waals surface area (Å²) in [6, 6.07) is 15.1. The van der Waals surface area contributed by atoms with E-state index in [2.05, 4.69) is 15.5 Å². The second-order valence-electron chi connectivity index (χ2n) is 5.67. The zero-order valence-corrected chi connectivity index (χ0v) is 13.8. The number of carbonyl (C=O) groups is 1. The summed E-state index contributed by atoms with van der Waals surface area (Å²) in [5.41, 5.74) is 3.63. The van der Waals surface area contributed by atoms with E-state index < -0.39 is 5.91 Å². The zero-order valence-electron chi connectivity index (χ0n) is 13.8. The number of hydrogen-bond donors (Lipinski definition) is 1. The first kappa shape index (κ1) is 15.7. The average molecular weight is 322 g/mol. The van der Waals surface area contributed by atoms with Gasteiger partial charge in [-0.05, 0) is 43.3 Å². The lowest BCUT2D eigenvalue weighted by Crippen LogP contribution is -2.13. The van der Waals surface area contributed by atoms with Crippen molar-refractivity contribution in [1.82, 2.24) is 10.2 Å². The molecule has 0 unspecified atom stereocenters. The van der Waals surface area contributed by atoms with E-state index in [0.29, 0.717) is 11.6 Å². The van der Waals surface area contributed by atoms with Crippen molar-refractivity contribution in [2.24, 2.45) is 0 Å². The molecule has 1 heterocycles. The van der Waals surface area contributed by atoms with Crippen LogP contribution in [0.4, 0.5) is 11.4 Å². The maximum Gasteiger partial charge on any atom is 0.313 e. The summed E-state index contributed by atoms with van der Waals surface area (Å²) in [5, 5.41) is 10.5. The number of rotatable bonds is 4. The summed E-state index contributed by atoms with van der Waals surface area (Å²) in [4.78, 5) is 14.2. The minimum absolute atomic E-state index is 0.0674. The number of carbonyl (C=O) groups excluding carboxylic acids is 1. The van der Waals surface area contributed by atoms with Crippen LogP contribution >= 0.6 is 0 Å². The number of anilines is 2. The van der Waals surface area contributed by atoms with Gasteiger partial charge in [-0.15, -0.1) is 10.2 Å². The molecule has 24 heavy (non-hydrogen) atoms. The van der Waals surface area contributed by atoms with E-state index in [4.69, 9.17) is 4.42 Å². The van der Waals surface area contributed by atoms with Crippen LogP contribution in [0.2, 0.25) is 0 Å². The Balaban J connectivity index is 1.72. The lowest BCUT2D eigenvalue weighted by molar-refractivity contribution is 0.0991. The Labute approximate surface area is 140 Å². The van der Waals surface area contributed by atoms with E-state index in [1.165, 1.54) is 0 Å². The van der Waals surface area contributed by atoms with Gasteiger partial charge in [-0.1, -0.05) is 17.7 Å². The van der Waals surface area contributed by atoms with Gasteiger partial charge in [-0.3, -0.25) is 4.79 Å². The molecule has 2 aromatic carbocycles. The van der Waals surface area contributed by atoms with Gasteiger partial charge in [-0.25, -0.2) is 0 Å². The summed E-state index contributed by atoms with van der Waals surface area (Å²) in [6.45, 7) is 2.00. The van der Waals surface area contributed by atoms with Gasteiger partial charge in [0.25, 0.3) is 0 Å². The maximum absolute atomic E-state index is 12.2. The van der Waals surface area contributed by atoms with Gasteiger partial charge >= 0.3 is 11.8 Å². The Kier molecular flexibility index (Phi) is 4.29. The average Bonchev–Trinajstić information content (AvgIpc) is 3.06. The fourth-order valence-electron chi connectivity index (χ4n) is 2.16. The fraction of sp³-hybridized carbons (Fsp3) is 0.167. The second kappa shape index (κ2) is 6.54. The summed E-state index contributed by atoms with van der Waals surface area (Å²) >= 11 is 0. The van der Waals surface area contributed by atoms with E-state index in [9.17, 15) is 4.79 Å². The molecule has 0 aliphatic carbocycles. The fourth-order valence-corrected chi connectivity index (χ4v) is 2.16. The highest BCUT2D eigenvalue weighted by Gasteiger charge is 2.16. The quantitative estimate of drug-likeness (QED) is 0.797. The van der Waals surface area contributed by atoms with E-state index in [-0.39, 0.29) is 5.89 Å². The number of aromatic nitrogens is 2. The molecular weight excluding hydrogens is 304 g/mol. The molecule has 0 radical (unpaired) electrons. The molecule has 0 spiro atoms. The van der Waals surface area contributed by atoms with Crippen LogP contribution in [0.25, 0.3) is 11.5 Å². The molecule has 0 saturated carbocycles. The first-order valence-corrected chi connectivity index (χ1v) is 7.52. The van der Waals surface area contributed by atoms with Gasteiger partial charge < -0.3 is 14.6 Å². The molecule has 0 fully saturated rings. The van der Waals surface area contributed by atoms with Gasteiger partial charge in [-0.2, -0.15) is 0 Å². The SMILES string of the molecule is Cc1ccc(-c2nnc(C(=O)Nc3ccc(N(C)C)cc3)o2)cc1. The van der Waals surface area contributed by atoms with Crippen LogP contribution in [0.1, 0.15) is 16.2 Å². The van der Waals surface area contributed by atoms with E-state index in [1.807, 2.05) is 74.4 Å². The molecule has 1 amide bonds. The molecule has 0 atom stereocenters. The number of amides is 1. The number of benzene rings is 2. The summed E-state index contributed by atoms with van der Waals surface area (Å²) in [6.07, 6.45) is 0. The van der Waals surface area contributed by atoms with Crippen molar-refractivity contribution >= 4 is 17.3 Å². The Hall–Kier alpha value is -3.15. The molecule has 3 rings (SSSR count). The van der Waals surface area contributed by atoms with Crippen molar-refractivity contribution in [2.75, 3.05) is 24.3 Å². The maximum atomic E-state index is 12.2. The molecule has 0 bridgehead atoms. The largest absolute Gasteiger partial charge is 0.412 e. The predicted molar refractivity (Wildman–Crippen MR) is 93.2 cm³/mol. The molecule has 6 heteroatoms. The zero-order chi connectivity index (χ0) is 17.1. The Morgan fingerprint density at radius 3 is 2.29 bits per heavy atom. The van der Waals surface area contributed by atoms with Crippen LogP contribution < -0.4 is 10.2 Å². The summed E-state index contributed by atoms with van der Waals surface area (Å²) < 4.78 is 5.46. The Bertz CT molecular complexity index is 836. The van der Waals surface area contributed by atoms with Crippen molar-refractivity contribution in [3.8, 4) is 11.5 Å². The summed E-state index contributed by atoms with van der Waals surface area (Å²) in [5.74, 6) is -0.177. The molecule has 122 valence electrons. The highest BCUT2D eigenvalue weighted by molar-refractivity contribution is 6.01. The van der Waals surface area contributed by atoms with Crippen LogP contribution in [-0.2, 0) is 0 Å². The minimum atomic E-state index is -0.432. The van der Waals surface area contributed by atoms with Crippen LogP contribution in [0.5, 0.6) is 0 Å². The van der Waals surface area contributed by atoms with Crippen molar-refractivity contribution in [2.45, 2.75) is 6.92 Å². The first-order chi connectivity index (χ1) is 11.5. The van der Waals surface area contributed by atoms with E-state index in [0.717, 1.165) is 16.8 Å². The molecule has 0 aliphatic heterocycles. The number of nitrogens with one attached hydrogen (secondary N) is 1. The standard InChI is InChI=1S/C18H18N4O2/c1-12-4-6-13(7-5-12)17-20-21-18(24-17)16(23)19-14-8-10-15(11-9-14)22(2)3/h4-11H,1-3H3,(H,19,23). The van der Waals surface area contributed by atoms with Crippen LogP contribution in [0.3, 0.4) is 0 Å². The molecular formula is C18H18N4O2. The van der Waals surface area contributed by atoms with Crippen LogP contribution in [0.15, 0.2) is 52.9 Å². The molecule has 6 nitrogen and oxygen atoms in total. The third kappa shape index (κ3) is 3.43. The normalized spacial score (nSPS) is 10.5. The van der Waals surface area contributed by atoms with Gasteiger partial charge in [0.15, 0.2) is 0 Å². The number of aryl methyl sites for hydroxylation is 1. The van der Waals surface area contributed by atoms with Crippen molar-refractivity contribution in [3.63, 3.8) is 0 Å². The minimum Gasteiger partial charge on any atom is -0.412 e. The van der Waals surface area contributed by atoms with Gasteiger partial charge in [0.05, 0.1) is 0 Å². The Morgan fingerprint density at radius 1 is 1.00 bits per heavy atom. The second-order valence-corrected chi connectivity index (χ2v) is 5.67. The predicted octanol–water partition coefficient (Wildman–Crippen LogP) is 3.36. The Morgan fingerprint density at radius 2 is 1.67 bits per heavy atom. The van der Waals surface area contributed by atoms with Gasteiger partial charge in [0.2, 0.25) is 5.89 Å². The number of nitrogens with zero attached hydrogens (tertiary/aromatic N) is 3. The monoisotopic (exact) mass is 322 g/mol. The van der Waals surface area contributed by atoms with Crippen molar-refractivity contribution < 1.29 is 9.21 Å². The van der Waals surface area contributed by atoms with E-state index in [1.54, 1.807) is 0 Å². The third-order valence-electron chi connectivity index (χ3n) is 3.56.